The van der Waals surface area contributed by atoms with Crippen LogP contribution < -0.4 is 11.5 Å². The molecule has 0 aliphatic carbocycles. The van der Waals surface area contributed by atoms with Crippen LogP contribution in [0, 0.1) is 0 Å². The van der Waals surface area contributed by atoms with Gasteiger partial charge in [0.05, 0.1) is 0 Å². The fourth-order valence-electron chi connectivity index (χ4n) is 0. The van der Waals surface area contributed by atoms with Gasteiger partial charge in [-0.2, -0.15) is 0 Å². The number of rotatable bonds is 1. The number of hydrogen-bond acceptors (Lipinski definition) is 2. The Bertz CT molecular complexity index is 55.9. The first-order chi connectivity index (χ1) is 2.94. The molecule has 0 aliphatic rings. The second-order valence-electron chi connectivity index (χ2n) is 2.61. The van der Waals surface area contributed by atoms with E-state index in [1.807, 2.05) is 20.8 Å². The van der Waals surface area contributed by atoms with Gasteiger partial charge in [-0.05, 0) is 20.8 Å². The van der Waals surface area contributed by atoms with Gasteiger partial charge in [0, 0.05) is 11.6 Å². The van der Waals surface area contributed by atoms with Gasteiger partial charge >= 0.3 is 0 Å². The Hall–Kier alpha value is 0.210. The molecule has 0 amide bonds. The summed E-state index contributed by atoms with van der Waals surface area (Å²) in [6.07, 6.45) is 0. The van der Waals surface area contributed by atoms with E-state index in [4.69, 9.17) is 11.5 Å². The van der Waals surface area contributed by atoms with Crippen LogP contribution in [0.5, 0.6) is 0 Å². The van der Waals surface area contributed by atoms with E-state index in [0.717, 1.165) is 0 Å². The molecule has 0 aromatic carbocycles. The summed E-state index contributed by atoms with van der Waals surface area (Å²) in [4.78, 5) is 0. The Kier molecular flexibility index (Phi) is 4.53. The summed E-state index contributed by atoms with van der Waals surface area (Å²) < 4.78 is 0. The highest BCUT2D eigenvalue weighted by Gasteiger charge is 2.14. The Morgan fingerprint density at radius 3 is 1.50 bits per heavy atom. The predicted octanol–water partition coefficient (Wildman–Crippen LogP) is 0.493. The van der Waals surface area contributed by atoms with E-state index in [1.54, 1.807) is 0 Å². The molecular weight excluding hydrogens is 124 g/mol. The van der Waals surface area contributed by atoms with Crippen molar-refractivity contribution in [1.82, 2.24) is 0 Å². The molecule has 0 saturated carbocycles. The molecule has 0 spiro atoms. The fourth-order valence-corrected chi connectivity index (χ4v) is 0. The van der Waals surface area contributed by atoms with Gasteiger partial charge in [-0.3, -0.25) is 0 Å². The van der Waals surface area contributed by atoms with E-state index in [0.29, 0.717) is 0 Å². The van der Waals surface area contributed by atoms with E-state index in [9.17, 15) is 0 Å². The lowest BCUT2D eigenvalue weighted by Gasteiger charge is -2.22. The highest BCUT2D eigenvalue weighted by atomic mass is 35.5. The maximum absolute atomic E-state index is 5.55. The van der Waals surface area contributed by atoms with Crippen molar-refractivity contribution in [3.8, 4) is 0 Å². The van der Waals surface area contributed by atoms with Crippen LogP contribution in [0.15, 0.2) is 0 Å². The molecular formula is C5H15ClN2. The van der Waals surface area contributed by atoms with Crippen molar-refractivity contribution in [3.05, 3.63) is 0 Å². The van der Waals surface area contributed by atoms with Gasteiger partial charge in [0.15, 0.2) is 0 Å². The summed E-state index contributed by atoms with van der Waals surface area (Å²) in [5.41, 5.74) is 10.8. The lowest BCUT2D eigenvalue weighted by molar-refractivity contribution is 0.433. The predicted molar refractivity (Wildman–Crippen MR) is 39.2 cm³/mol. The molecule has 52 valence electrons. The minimum atomic E-state index is -0.222. The third-order valence-electron chi connectivity index (χ3n) is 1.17. The summed E-state index contributed by atoms with van der Waals surface area (Å²) in [7, 11) is 0. The number of hydrogen-bond donors (Lipinski definition) is 2. The van der Waals surface area contributed by atoms with Crippen LogP contribution in [0.4, 0.5) is 0 Å². The lowest BCUT2D eigenvalue weighted by Crippen LogP contribution is -2.48. The van der Waals surface area contributed by atoms with Crippen LogP contribution >= 0.6 is 12.4 Å². The summed E-state index contributed by atoms with van der Waals surface area (Å²) in [5.74, 6) is 0. The first-order valence-corrected chi connectivity index (χ1v) is 2.49. The molecule has 2 nitrogen and oxygen atoms in total. The zero-order valence-corrected chi connectivity index (χ0v) is 6.46. The summed E-state index contributed by atoms with van der Waals surface area (Å²) in [6.45, 7) is 5.73. The summed E-state index contributed by atoms with van der Waals surface area (Å²) in [6, 6.07) is 0.0764. The normalized spacial score (nSPS) is 14.6. The van der Waals surface area contributed by atoms with Gasteiger partial charge < -0.3 is 11.5 Å². The smallest absolute Gasteiger partial charge is 0.0247 e. The molecule has 0 aromatic heterocycles. The molecule has 4 N–H and O–H groups in total. The zero-order chi connectivity index (χ0) is 6.08. The minimum absolute atomic E-state index is 0. The maximum atomic E-state index is 5.55. The SMILES string of the molecule is CC(N)C(C)(C)N.Cl. The van der Waals surface area contributed by atoms with Crippen LogP contribution in [0.3, 0.4) is 0 Å². The Labute approximate surface area is 57.0 Å². The molecule has 0 aliphatic heterocycles. The van der Waals surface area contributed by atoms with Crippen molar-refractivity contribution in [2.75, 3.05) is 0 Å². The fraction of sp³-hybridized carbons (Fsp3) is 1.00. The third kappa shape index (κ3) is 4.37. The van der Waals surface area contributed by atoms with Crippen LogP contribution in [-0.4, -0.2) is 11.6 Å². The second-order valence-corrected chi connectivity index (χ2v) is 2.61. The third-order valence-corrected chi connectivity index (χ3v) is 1.17. The van der Waals surface area contributed by atoms with Gasteiger partial charge in [-0.15, -0.1) is 12.4 Å². The highest BCUT2D eigenvalue weighted by molar-refractivity contribution is 5.85. The van der Waals surface area contributed by atoms with E-state index in [-0.39, 0.29) is 24.0 Å². The monoisotopic (exact) mass is 138 g/mol. The standard InChI is InChI=1S/C5H14N2.ClH/c1-4(6)5(2,3)7;/h4H,6-7H2,1-3H3;1H. The number of nitrogens with two attached hydrogens (primary N) is 2. The topological polar surface area (TPSA) is 52.0 Å². The van der Waals surface area contributed by atoms with E-state index in [2.05, 4.69) is 0 Å². The quantitative estimate of drug-likeness (QED) is 0.554. The van der Waals surface area contributed by atoms with E-state index < -0.39 is 0 Å². The van der Waals surface area contributed by atoms with Gasteiger partial charge in [0.25, 0.3) is 0 Å². The van der Waals surface area contributed by atoms with Gasteiger partial charge in [0.1, 0.15) is 0 Å². The van der Waals surface area contributed by atoms with E-state index in [1.165, 1.54) is 0 Å². The summed E-state index contributed by atoms with van der Waals surface area (Å²) in [5, 5.41) is 0. The Balaban J connectivity index is 0. The highest BCUT2D eigenvalue weighted by Crippen LogP contribution is 1.98. The minimum Gasteiger partial charge on any atom is -0.326 e. The van der Waals surface area contributed by atoms with E-state index >= 15 is 0 Å². The molecule has 1 unspecified atom stereocenters. The average Bonchev–Trinajstić information content (AvgIpc) is 1.31. The van der Waals surface area contributed by atoms with Crippen molar-refractivity contribution < 1.29 is 0 Å². The Morgan fingerprint density at radius 2 is 1.50 bits per heavy atom. The summed E-state index contributed by atoms with van der Waals surface area (Å²) >= 11 is 0. The largest absolute Gasteiger partial charge is 0.326 e. The first kappa shape index (κ1) is 11.1. The molecule has 0 saturated heterocycles. The molecule has 0 rings (SSSR count). The van der Waals surface area contributed by atoms with Crippen LogP contribution in [0.1, 0.15) is 20.8 Å². The van der Waals surface area contributed by atoms with Gasteiger partial charge in [-0.1, -0.05) is 0 Å². The average molecular weight is 139 g/mol. The van der Waals surface area contributed by atoms with Crippen molar-refractivity contribution in [1.29, 1.82) is 0 Å². The van der Waals surface area contributed by atoms with Gasteiger partial charge in [0.2, 0.25) is 0 Å². The van der Waals surface area contributed by atoms with Crippen molar-refractivity contribution >= 4 is 12.4 Å². The van der Waals surface area contributed by atoms with Crippen LogP contribution in [-0.2, 0) is 0 Å². The maximum Gasteiger partial charge on any atom is 0.0247 e. The van der Waals surface area contributed by atoms with Gasteiger partial charge in [-0.25, -0.2) is 0 Å². The molecule has 0 fully saturated rings. The zero-order valence-electron chi connectivity index (χ0n) is 5.64. The Morgan fingerprint density at radius 1 is 1.38 bits per heavy atom. The van der Waals surface area contributed by atoms with Crippen molar-refractivity contribution in [3.63, 3.8) is 0 Å². The van der Waals surface area contributed by atoms with Crippen molar-refractivity contribution in [2.24, 2.45) is 11.5 Å². The van der Waals surface area contributed by atoms with Crippen molar-refractivity contribution in [2.45, 2.75) is 32.4 Å². The molecule has 0 heterocycles. The lowest BCUT2D eigenvalue weighted by atomic mass is 9.99. The molecule has 0 bridgehead atoms. The molecule has 3 heteroatoms. The second kappa shape index (κ2) is 3.28. The van der Waals surface area contributed by atoms with Crippen LogP contribution in [0.2, 0.25) is 0 Å². The first-order valence-electron chi connectivity index (χ1n) is 2.49. The molecule has 8 heavy (non-hydrogen) atoms. The van der Waals surface area contributed by atoms with Crippen LogP contribution in [0.25, 0.3) is 0 Å². The molecule has 1 atom stereocenters. The molecule has 0 radical (unpaired) electrons. The number of halogens is 1. The molecule has 0 aromatic rings.